The van der Waals surface area contributed by atoms with Gasteiger partial charge >= 0.3 is 0 Å². The van der Waals surface area contributed by atoms with E-state index < -0.39 is 0 Å². The third kappa shape index (κ3) is 3.37. The van der Waals surface area contributed by atoms with Crippen molar-refractivity contribution in [1.29, 1.82) is 0 Å². The van der Waals surface area contributed by atoms with Crippen molar-refractivity contribution in [3.63, 3.8) is 0 Å². The highest BCUT2D eigenvalue weighted by Gasteiger charge is 2.29. The van der Waals surface area contributed by atoms with Crippen LogP contribution in [-0.4, -0.2) is 33.7 Å². The van der Waals surface area contributed by atoms with Crippen LogP contribution in [0.1, 0.15) is 28.4 Å². The van der Waals surface area contributed by atoms with Gasteiger partial charge in [-0.05, 0) is 29.8 Å². The van der Waals surface area contributed by atoms with E-state index in [0.717, 1.165) is 5.56 Å². The predicted molar refractivity (Wildman–Crippen MR) is 98.8 cm³/mol. The molecule has 4 rings (SSSR count). The minimum absolute atomic E-state index is 0.133. The number of hydrogen-bond acceptors (Lipinski definition) is 5. The quantitative estimate of drug-likeness (QED) is 0.742. The van der Waals surface area contributed by atoms with Crippen molar-refractivity contribution in [2.75, 3.05) is 17.7 Å². The third-order valence-corrected chi connectivity index (χ3v) is 4.32. The summed E-state index contributed by atoms with van der Waals surface area (Å²) in [6.45, 7) is 0. The first-order valence-electron chi connectivity index (χ1n) is 8.41. The Morgan fingerprint density at radius 1 is 1.19 bits per heavy atom. The molecule has 0 spiro atoms. The maximum absolute atomic E-state index is 12.4. The van der Waals surface area contributed by atoms with Gasteiger partial charge < -0.3 is 4.74 Å². The molecule has 0 aliphatic carbocycles. The number of ether oxygens (including phenoxy) is 1. The number of carbonyl (C=O) groups is 2. The molecule has 0 radical (unpaired) electrons. The lowest BCUT2D eigenvalue weighted by molar-refractivity contribution is -0.117. The van der Waals surface area contributed by atoms with Crippen molar-refractivity contribution < 1.29 is 14.3 Å². The molecule has 1 aliphatic rings. The predicted octanol–water partition coefficient (Wildman–Crippen LogP) is 2.47. The molecule has 2 N–H and O–H groups in total. The van der Waals surface area contributed by atoms with Crippen molar-refractivity contribution in [1.82, 2.24) is 14.8 Å². The maximum atomic E-state index is 12.4. The molecule has 2 amide bonds. The van der Waals surface area contributed by atoms with Crippen LogP contribution in [0.5, 0.6) is 5.75 Å². The lowest BCUT2D eigenvalue weighted by atomic mass is 10.0. The van der Waals surface area contributed by atoms with Crippen LogP contribution in [0.3, 0.4) is 0 Å². The zero-order valence-corrected chi connectivity index (χ0v) is 14.5. The molecule has 0 bridgehead atoms. The molecule has 8 heteroatoms. The molecular weight excluding hydrogens is 346 g/mol. The summed E-state index contributed by atoms with van der Waals surface area (Å²) in [4.78, 5) is 28.7. The van der Waals surface area contributed by atoms with Gasteiger partial charge in [0, 0.05) is 5.56 Å². The van der Waals surface area contributed by atoms with E-state index in [0.29, 0.717) is 17.3 Å². The fourth-order valence-corrected chi connectivity index (χ4v) is 2.97. The molecule has 3 aromatic rings. The van der Waals surface area contributed by atoms with E-state index in [-0.39, 0.29) is 30.2 Å². The topological polar surface area (TPSA) is 98.1 Å². The van der Waals surface area contributed by atoms with Crippen molar-refractivity contribution in [3.8, 4) is 5.75 Å². The van der Waals surface area contributed by atoms with Crippen molar-refractivity contribution in [3.05, 3.63) is 65.7 Å². The van der Waals surface area contributed by atoms with E-state index in [1.807, 2.05) is 30.3 Å². The number of nitrogens with one attached hydrogen (secondary N) is 2. The smallest absolute Gasteiger partial charge is 0.258 e. The number of amides is 2. The second-order valence-electron chi connectivity index (χ2n) is 6.06. The Bertz CT molecular complexity index is 982. The number of rotatable bonds is 4. The van der Waals surface area contributed by atoms with Gasteiger partial charge in [0.1, 0.15) is 5.75 Å². The largest absolute Gasteiger partial charge is 0.497 e. The number of aromatic nitrogens is 3. The molecule has 1 aromatic heterocycles. The first kappa shape index (κ1) is 16.8. The van der Waals surface area contributed by atoms with Gasteiger partial charge in [-0.25, -0.2) is 4.68 Å². The van der Waals surface area contributed by atoms with Crippen LogP contribution in [0.2, 0.25) is 0 Å². The molecule has 0 fully saturated rings. The molecule has 2 aromatic carbocycles. The van der Waals surface area contributed by atoms with Gasteiger partial charge in [-0.15, -0.1) is 5.10 Å². The summed E-state index contributed by atoms with van der Waals surface area (Å²) < 4.78 is 6.71. The molecule has 1 atom stereocenters. The standard InChI is InChI=1S/C19H17N5O3/c1-27-14-9-7-13(8-10-14)17(26)21-18-22-19-20-16(25)11-15(24(19)23-18)12-5-3-2-4-6-12/h2-10,15H,11H2,1H3,(H2,20,21,22,23,25,26)/t15-/m0/s1. The van der Waals surface area contributed by atoms with E-state index in [1.165, 1.54) is 0 Å². The summed E-state index contributed by atoms with van der Waals surface area (Å²) in [6.07, 6.45) is 0.256. The first-order valence-corrected chi connectivity index (χ1v) is 8.41. The molecular formula is C19H17N5O3. The van der Waals surface area contributed by atoms with Gasteiger partial charge in [0.15, 0.2) is 0 Å². The number of benzene rings is 2. The highest BCUT2D eigenvalue weighted by atomic mass is 16.5. The second kappa shape index (κ2) is 6.91. The van der Waals surface area contributed by atoms with E-state index in [4.69, 9.17) is 4.74 Å². The minimum Gasteiger partial charge on any atom is -0.497 e. The molecule has 136 valence electrons. The number of methoxy groups -OCH3 is 1. The molecule has 0 unspecified atom stereocenters. The van der Waals surface area contributed by atoms with Gasteiger partial charge in [-0.3, -0.25) is 20.2 Å². The van der Waals surface area contributed by atoms with Crippen LogP contribution in [0.25, 0.3) is 0 Å². The van der Waals surface area contributed by atoms with Crippen LogP contribution in [0.15, 0.2) is 54.6 Å². The summed E-state index contributed by atoms with van der Waals surface area (Å²) in [7, 11) is 1.56. The normalized spacial score (nSPS) is 15.6. The lowest BCUT2D eigenvalue weighted by Crippen LogP contribution is -2.29. The highest BCUT2D eigenvalue weighted by molar-refractivity contribution is 6.03. The number of fused-ring (bicyclic) bond motifs is 1. The Balaban J connectivity index is 1.59. The number of hydrogen-bond donors (Lipinski definition) is 2. The van der Waals surface area contributed by atoms with E-state index in [2.05, 4.69) is 20.7 Å². The van der Waals surface area contributed by atoms with Gasteiger partial charge in [0.05, 0.1) is 19.6 Å². The SMILES string of the molecule is COc1ccc(C(=O)Nc2nc3n(n2)[C@H](c2ccccc2)CC(=O)N3)cc1. The van der Waals surface area contributed by atoms with E-state index in [1.54, 1.807) is 36.1 Å². The van der Waals surface area contributed by atoms with Crippen LogP contribution in [0, 0.1) is 0 Å². The molecule has 0 saturated heterocycles. The first-order chi connectivity index (χ1) is 13.1. The summed E-state index contributed by atoms with van der Waals surface area (Å²) in [5.41, 5.74) is 1.40. The molecule has 8 nitrogen and oxygen atoms in total. The van der Waals surface area contributed by atoms with Gasteiger partial charge in [0.25, 0.3) is 11.9 Å². The van der Waals surface area contributed by atoms with Crippen LogP contribution >= 0.6 is 0 Å². The fraction of sp³-hybridized carbons (Fsp3) is 0.158. The second-order valence-corrected chi connectivity index (χ2v) is 6.06. The molecule has 0 saturated carbocycles. The average molecular weight is 363 g/mol. The zero-order chi connectivity index (χ0) is 18.8. The monoisotopic (exact) mass is 363 g/mol. The zero-order valence-electron chi connectivity index (χ0n) is 14.5. The summed E-state index contributed by atoms with van der Waals surface area (Å²) in [5.74, 6) is 0.620. The van der Waals surface area contributed by atoms with Crippen molar-refractivity contribution >= 4 is 23.7 Å². The van der Waals surface area contributed by atoms with E-state index >= 15 is 0 Å². The Labute approximate surface area is 155 Å². The summed E-state index contributed by atoms with van der Waals surface area (Å²) in [5, 5.41) is 9.73. The van der Waals surface area contributed by atoms with Crippen molar-refractivity contribution in [2.45, 2.75) is 12.5 Å². The fourth-order valence-electron chi connectivity index (χ4n) is 2.97. The van der Waals surface area contributed by atoms with Gasteiger partial charge in [0.2, 0.25) is 11.9 Å². The van der Waals surface area contributed by atoms with Crippen LogP contribution in [-0.2, 0) is 4.79 Å². The van der Waals surface area contributed by atoms with Crippen LogP contribution < -0.4 is 15.4 Å². The Morgan fingerprint density at radius 2 is 1.93 bits per heavy atom. The highest BCUT2D eigenvalue weighted by Crippen LogP contribution is 2.29. The molecule has 2 heterocycles. The lowest BCUT2D eigenvalue weighted by Gasteiger charge is -2.23. The van der Waals surface area contributed by atoms with Crippen molar-refractivity contribution in [2.24, 2.45) is 0 Å². The average Bonchev–Trinajstić information content (AvgIpc) is 3.10. The Kier molecular flexibility index (Phi) is 4.29. The number of anilines is 2. The molecule has 27 heavy (non-hydrogen) atoms. The number of nitrogens with zero attached hydrogens (tertiary/aromatic N) is 3. The van der Waals surface area contributed by atoms with Gasteiger partial charge in [-0.1, -0.05) is 30.3 Å². The summed E-state index contributed by atoms with van der Waals surface area (Å²) in [6, 6.07) is 16.0. The summed E-state index contributed by atoms with van der Waals surface area (Å²) >= 11 is 0. The minimum atomic E-state index is -0.344. The molecule has 1 aliphatic heterocycles. The maximum Gasteiger partial charge on any atom is 0.258 e. The Hall–Kier alpha value is -3.68. The van der Waals surface area contributed by atoms with E-state index in [9.17, 15) is 9.59 Å². The van der Waals surface area contributed by atoms with Crippen LogP contribution in [0.4, 0.5) is 11.9 Å². The third-order valence-electron chi connectivity index (χ3n) is 4.32. The Morgan fingerprint density at radius 3 is 2.63 bits per heavy atom. The van der Waals surface area contributed by atoms with Gasteiger partial charge in [-0.2, -0.15) is 4.98 Å². The number of carbonyl (C=O) groups excluding carboxylic acids is 2.